The number of hydrogen-bond donors (Lipinski definition) is 1. The Morgan fingerprint density at radius 2 is 2.10 bits per heavy atom. The van der Waals surface area contributed by atoms with Crippen LogP contribution in [0.4, 0.5) is 0 Å². The van der Waals surface area contributed by atoms with Crippen molar-refractivity contribution in [1.29, 1.82) is 0 Å². The van der Waals surface area contributed by atoms with E-state index in [1.54, 1.807) is 12.3 Å². The van der Waals surface area contributed by atoms with Gasteiger partial charge in [-0.15, -0.1) is 0 Å². The van der Waals surface area contributed by atoms with Gasteiger partial charge in [0, 0.05) is 56.0 Å². The van der Waals surface area contributed by atoms with Crippen molar-refractivity contribution < 1.29 is 4.79 Å². The lowest BCUT2D eigenvalue weighted by Crippen LogP contribution is -2.49. The fourth-order valence-corrected chi connectivity index (χ4v) is 3.17. The molecule has 1 amide bonds. The first-order valence-electron chi connectivity index (χ1n) is 7.09. The number of rotatable bonds is 2. The van der Waals surface area contributed by atoms with Gasteiger partial charge < -0.3 is 10.2 Å². The van der Waals surface area contributed by atoms with Crippen molar-refractivity contribution in [3.8, 4) is 0 Å². The topological polar surface area (TPSA) is 48.5 Å². The van der Waals surface area contributed by atoms with E-state index in [1.165, 1.54) is 0 Å². The minimum Gasteiger partial charge on any atom is -0.336 e. The van der Waals surface area contributed by atoms with Crippen molar-refractivity contribution >= 4 is 21.8 Å². The zero-order chi connectivity index (χ0) is 13.9. The molecule has 20 heavy (non-hydrogen) atoms. The van der Waals surface area contributed by atoms with Crippen molar-refractivity contribution in [2.24, 2.45) is 0 Å². The number of likely N-dealkylation sites (tertiary alicyclic amines) is 1. The third kappa shape index (κ3) is 3.02. The van der Waals surface area contributed by atoms with Crippen LogP contribution in [-0.2, 0) is 0 Å². The number of nitrogens with one attached hydrogen (secondary N) is 1. The van der Waals surface area contributed by atoms with Gasteiger partial charge >= 0.3 is 0 Å². The lowest BCUT2D eigenvalue weighted by atomic mass is 10.2. The Labute approximate surface area is 127 Å². The highest BCUT2D eigenvalue weighted by Crippen LogP contribution is 2.18. The molecule has 5 nitrogen and oxygen atoms in total. The van der Waals surface area contributed by atoms with Gasteiger partial charge in [0.05, 0.1) is 0 Å². The highest BCUT2D eigenvalue weighted by molar-refractivity contribution is 9.10. The normalized spacial score (nSPS) is 24.1. The van der Waals surface area contributed by atoms with Crippen LogP contribution < -0.4 is 5.32 Å². The molecule has 1 aromatic rings. The molecule has 0 saturated carbocycles. The van der Waals surface area contributed by atoms with E-state index in [4.69, 9.17) is 0 Å². The summed E-state index contributed by atoms with van der Waals surface area (Å²) < 4.78 is 0.897. The smallest absolute Gasteiger partial charge is 0.272 e. The Kier molecular flexibility index (Phi) is 4.33. The zero-order valence-corrected chi connectivity index (χ0v) is 13.0. The third-order valence-corrected chi connectivity index (χ3v) is 4.53. The first-order chi connectivity index (χ1) is 9.74. The lowest BCUT2D eigenvalue weighted by molar-refractivity contribution is 0.0767. The van der Waals surface area contributed by atoms with Gasteiger partial charge in [0.1, 0.15) is 5.69 Å². The molecule has 0 bridgehead atoms. The zero-order valence-electron chi connectivity index (χ0n) is 11.4. The van der Waals surface area contributed by atoms with Gasteiger partial charge in [-0.3, -0.25) is 9.69 Å². The maximum Gasteiger partial charge on any atom is 0.272 e. The van der Waals surface area contributed by atoms with Crippen LogP contribution >= 0.6 is 15.9 Å². The molecule has 2 aliphatic rings. The number of pyridine rings is 1. The van der Waals surface area contributed by atoms with Gasteiger partial charge in [0.15, 0.2) is 0 Å². The molecule has 0 aromatic carbocycles. The first-order valence-corrected chi connectivity index (χ1v) is 7.89. The molecule has 0 radical (unpaired) electrons. The number of piperazine rings is 1. The number of amides is 1. The summed E-state index contributed by atoms with van der Waals surface area (Å²) in [5.41, 5.74) is 0.536. The Hall–Kier alpha value is -0.980. The Bertz CT molecular complexity index is 473. The second kappa shape index (κ2) is 6.20. The van der Waals surface area contributed by atoms with Gasteiger partial charge in [-0.25, -0.2) is 4.98 Å². The highest BCUT2D eigenvalue weighted by Gasteiger charge is 2.31. The predicted molar refractivity (Wildman–Crippen MR) is 80.7 cm³/mol. The maximum absolute atomic E-state index is 12.4. The largest absolute Gasteiger partial charge is 0.336 e. The lowest BCUT2D eigenvalue weighted by Gasteiger charge is -2.32. The average molecular weight is 339 g/mol. The standard InChI is InChI=1S/C14H19BrN4O/c15-11-1-2-13(17-9-11)14(20)19-6-3-12(10-19)18-7-4-16-5-8-18/h1-2,9,12,16H,3-8,10H2. The summed E-state index contributed by atoms with van der Waals surface area (Å²) in [5.74, 6) is 0.0511. The van der Waals surface area contributed by atoms with Crippen LogP contribution in [0.5, 0.6) is 0 Å². The molecule has 1 atom stereocenters. The number of aromatic nitrogens is 1. The summed E-state index contributed by atoms with van der Waals surface area (Å²) >= 11 is 3.34. The number of nitrogens with zero attached hydrogens (tertiary/aromatic N) is 3. The van der Waals surface area contributed by atoms with Crippen molar-refractivity contribution in [2.45, 2.75) is 12.5 Å². The SMILES string of the molecule is O=C(c1ccc(Br)cn1)N1CCC(N2CCNCC2)C1. The highest BCUT2D eigenvalue weighted by atomic mass is 79.9. The molecule has 0 spiro atoms. The van der Waals surface area contributed by atoms with E-state index in [0.29, 0.717) is 11.7 Å². The van der Waals surface area contributed by atoms with Crippen LogP contribution in [0.25, 0.3) is 0 Å². The van der Waals surface area contributed by atoms with E-state index < -0.39 is 0 Å². The fraction of sp³-hybridized carbons (Fsp3) is 0.571. The molecule has 1 unspecified atom stereocenters. The molecule has 3 rings (SSSR count). The van der Waals surface area contributed by atoms with E-state index >= 15 is 0 Å². The van der Waals surface area contributed by atoms with Gasteiger partial charge in [0.25, 0.3) is 5.91 Å². The molecular weight excluding hydrogens is 320 g/mol. The number of halogens is 1. The molecule has 2 saturated heterocycles. The Morgan fingerprint density at radius 3 is 2.80 bits per heavy atom. The van der Waals surface area contributed by atoms with Crippen molar-refractivity contribution in [1.82, 2.24) is 20.1 Å². The van der Waals surface area contributed by atoms with E-state index in [9.17, 15) is 4.79 Å². The summed E-state index contributed by atoms with van der Waals surface area (Å²) in [7, 11) is 0. The van der Waals surface area contributed by atoms with Crippen molar-refractivity contribution in [2.75, 3.05) is 39.3 Å². The summed E-state index contributed by atoms with van der Waals surface area (Å²) in [6.45, 7) is 5.95. The van der Waals surface area contributed by atoms with Crippen LogP contribution in [0.1, 0.15) is 16.9 Å². The summed E-state index contributed by atoms with van der Waals surface area (Å²) in [6.07, 6.45) is 2.75. The number of hydrogen-bond acceptors (Lipinski definition) is 4. The minimum atomic E-state index is 0.0511. The molecule has 2 aliphatic heterocycles. The molecule has 1 aromatic heterocycles. The molecule has 6 heteroatoms. The molecular formula is C14H19BrN4O. The van der Waals surface area contributed by atoms with Crippen molar-refractivity contribution in [3.05, 3.63) is 28.5 Å². The first kappa shape index (κ1) is 14.0. The molecule has 1 N–H and O–H groups in total. The third-order valence-electron chi connectivity index (χ3n) is 4.07. The van der Waals surface area contributed by atoms with Crippen molar-refractivity contribution in [3.63, 3.8) is 0 Å². The second-order valence-electron chi connectivity index (χ2n) is 5.34. The van der Waals surface area contributed by atoms with Crippen LogP contribution in [-0.4, -0.2) is 66.0 Å². The summed E-state index contributed by atoms with van der Waals surface area (Å²) in [6, 6.07) is 4.16. The second-order valence-corrected chi connectivity index (χ2v) is 6.26. The average Bonchev–Trinajstić information content (AvgIpc) is 2.98. The fourth-order valence-electron chi connectivity index (χ4n) is 2.94. The Balaban J connectivity index is 1.61. The van der Waals surface area contributed by atoms with E-state index in [2.05, 4.69) is 31.1 Å². The van der Waals surface area contributed by atoms with E-state index in [0.717, 1.165) is 50.2 Å². The van der Waals surface area contributed by atoms with Crippen LogP contribution in [0.3, 0.4) is 0 Å². The van der Waals surface area contributed by atoms with Crippen LogP contribution in [0.15, 0.2) is 22.8 Å². The predicted octanol–water partition coefficient (Wildman–Crippen LogP) is 0.964. The summed E-state index contributed by atoms with van der Waals surface area (Å²) in [4.78, 5) is 21.0. The van der Waals surface area contributed by atoms with Gasteiger partial charge in [0.2, 0.25) is 0 Å². The van der Waals surface area contributed by atoms with Gasteiger partial charge in [-0.05, 0) is 34.5 Å². The quantitative estimate of drug-likeness (QED) is 0.872. The molecule has 0 aliphatic carbocycles. The number of carbonyl (C=O) groups excluding carboxylic acids is 1. The molecule has 108 valence electrons. The Morgan fingerprint density at radius 1 is 1.30 bits per heavy atom. The van der Waals surface area contributed by atoms with Gasteiger partial charge in [-0.1, -0.05) is 0 Å². The maximum atomic E-state index is 12.4. The minimum absolute atomic E-state index is 0.0511. The monoisotopic (exact) mass is 338 g/mol. The molecule has 3 heterocycles. The van der Waals surface area contributed by atoms with E-state index in [1.807, 2.05) is 11.0 Å². The number of carbonyl (C=O) groups is 1. The van der Waals surface area contributed by atoms with E-state index in [-0.39, 0.29) is 5.91 Å². The van der Waals surface area contributed by atoms with Crippen LogP contribution in [0, 0.1) is 0 Å². The molecule has 2 fully saturated rings. The van der Waals surface area contributed by atoms with Crippen LogP contribution in [0.2, 0.25) is 0 Å². The summed E-state index contributed by atoms with van der Waals surface area (Å²) in [5, 5.41) is 3.37. The van der Waals surface area contributed by atoms with Gasteiger partial charge in [-0.2, -0.15) is 0 Å².